The molecular formula is C25H37N3O5. The van der Waals surface area contributed by atoms with E-state index in [2.05, 4.69) is 10.6 Å². The number of rotatable bonds is 7. The lowest BCUT2D eigenvalue weighted by molar-refractivity contribution is -0.141. The van der Waals surface area contributed by atoms with Crippen LogP contribution in [0.25, 0.3) is 0 Å². The number of phenolic OH excluding ortho intramolecular Hbond substituents is 1. The normalized spacial score (nSPS) is 21.6. The van der Waals surface area contributed by atoms with Crippen LogP contribution in [-0.2, 0) is 14.3 Å². The van der Waals surface area contributed by atoms with Gasteiger partial charge in [-0.05, 0) is 63.6 Å². The Kier molecular flexibility index (Phi) is 7.87. The summed E-state index contributed by atoms with van der Waals surface area (Å²) in [6, 6.07) is 5.57. The third-order valence-corrected chi connectivity index (χ3v) is 6.16. The molecule has 3 rings (SSSR count). The average molecular weight is 460 g/mol. The summed E-state index contributed by atoms with van der Waals surface area (Å²) < 4.78 is 5.24. The Morgan fingerprint density at radius 1 is 1.18 bits per heavy atom. The molecule has 2 aliphatic rings. The summed E-state index contributed by atoms with van der Waals surface area (Å²) >= 11 is 0. The van der Waals surface area contributed by atoms with Gasteiger partial charge in [-0.15, -0.1) is 0 Å². The van der Waals surface area contributed by atoms with Crippen LogP contribution in [0.5, 0.6) is 5.75 Å². The molecule has 3 atom stereocenters. The largest absolute Gasteiger partial charge is 0.508 e. The number of hydrogen-bond acceptors (Lipinski definition) is 5. The van der Waals surface area contributed by atoms with E-state index in [9.17, 15) is 19.5 Å². The van der Waals surface area contributed by atoms with Gasteiger partial charge in [-0.25, -0.2) is 4.79 Å². The van der Waals surface area contributed by atoms with E-state index in [4.69, 9.17) is 4.74 Å². The SMILES string of the molecule is CC1CC1N(C(=O)CNC(=O)OC(C)(C)C)C(C(=O)NC1CCCCC1)c1cccc(O)c1. The minimum atomic E-state index is -0.887. The van der Waals surface area contributed by atoms with Crippen molar-refractivity contribution in [2.75, 3.05) is 6.54 Å². The van der Waals surface area contributed by atoms with Crippen molar-refractivity contribution in [1.29, 1.82) is 0 Å². The van der Waals surface area contributed by atoms with Gasteiger partial charge in [0, 0.05) is 12.1 Å². The van der Waals surface area contributed by atoms with E-state index in [0.717, 1.165) is 32.1 Å². The van der Waals surface area contributed by atoms with E-state index < -0.39 is 17.7 Å². The molecule has 182 valence electrons. The van der Waals surface area contributed by atoms with E-state index in [0.29, 0.717) is 5.56 Å². The van der Waals surface area contributed by atoms with Crippen LogP contribution >= 0.6 is 0 Å². The van der Waals surface area contributed by atoms with Crippen LogP contribution in [0, 0.1) is 5.92 Å². The standard InChI is InChI=1S/C25H37N3O5/c1-16-13-20(16)28(21(30)15-26-24(32)33-25(2,3)4)22(17-9-8-12-19(29)14-17)23(31)27-18-10-6-5-7-11-18/h8-9,12,14,16,18,20,22,29H,5-7,10-11,13,15H2,1-4H3,(H,26,32)(H,27,31). The molecule has 33 heavy (non-hydrogen) atoms. The molecule has 1 aromatic rings. The molecule has 0 bridgehead atoms. The number of amides is 3. The maximum Gasteiger partial charge on any atom is 0.408 e. The second-order valence-electron chi connectivity index (χ2n) is 10.3. The smallest absolute Gasteiger partial charge is 0.408 e. The zero-order chi connectivity index (χ0) is 24.2. The van der Waals surface area contributed by atoms with Crippen molar-refractivity contribution >= 4 is 17.9 Å². The fourth-order valence-electron chi connectivity index (χ4n) is 4.42. The van der Waals surface area contributed by atoms with Crippen LogP contribution in [0.2, 0.25) is 0 Å². The summed E-state index contributed by atoms with van der Waals surface area (Å²) in [5.41, 5.74) is -0.130. The maximum absolute atomic E-state index is 13.5. The molecule has 0 aromatic heterocycles. The minimum Gasteiger partial charge on any atom is -0.508 e. The number of hydrogen-bond donors (Lipinski definition) is 3. The molecule has 2 fully saturated rings. The highest BCUT2D eigenvalue weighted by atomic mass is 16.6. The van der Waals surface area contributed by atoms with E-state index in [-0.39, 0.29) is 42.1 Å². The summed E-state index contributed by atoms with van der Waals surface area (Å²) in [4.78, 5) is 40.6. The van der Waals surface area contributed by atoms with Crippen molar-refractivity contribution in [1.82, 2.24) is 15.5 Å². The second kappa shape index (κ2) is 10.4. The molecular weight excluding hydrogens is 422 g/mol. The first-order chi connectivity index (χ1) is 15.5. The molecule has 3 unspecified atom stereocenters. The van der Waals surface area contributed by atoms with Gasteiger partial charge in [-0.1, -0.05) is 38.3 Å². The Labute approximate surface area is 196 Å². The van der Waals surface area contributed by atoms with Gasteiger partial charge in [0.2, 0.25) is 11.8 Å². The van der Waals surface area contributed by atoms with Crippen molar-refractivity contribution < 1.29 is 24.2 Å². The third-order valence-electron chi connectivity index (χ3n) is 6.16. The molecule has 0 saturated heterocycles. The summed E-state index contributed by atoms with van der Waals surface area (Å²) in [6.07, 6.45) is 5.26. The zero-order valence-corrected chi connectivity index (χ0v) is 20.1. The van der Waals surface area contributed by atoms with Crippen LogP contribution in [0.3, 0.4) is 0 Å². The Morgan fingerprint density at radius 2 is 1.85 bits per heavy atom. The topological polar surface area (TPSA) is 108 Å². The average Bonchev–Trinajstić information content (AvgIpc) is 3.45. The van der Waals surface area contributed by atoms with Gasteiger partial charge in [-0.2, -0.15) is 0 Å². The molecule has 0 heterocycles. The molecule has 3 amide bonds. The second-order valence-corrected chi connectivity index (χ2v) is 10.3. The van der Waals surface area contributed by atoms with E-state index >= 15 is 0 Å². The molecule has 0 spiro atoms. The number of alkyl carbamates (subject to hydrolysis) is 1. The zero-order valence-electron chi connectivity index (χ0n) is 20.1. The summed E-state index contributed by atoms with van der Waals surface area (Å²) in [6.45, 7) is 7.01. The third kappa shape index (κ3) is 7.11. The number of benzene rings is 1. The molecule has 0 radical (unpaired) electrons. The molecule has 2 aliphatic carbocycles. The molecule has 1 aromatic carbocycles. The Morgan fingerprint density at radius 3 is 2.42 bits per heavy atom. The van der Waals surface area contributed by atoms with E-state index in [1.165, 1.54) is 18.6 Å². The van der Waals surface area contributed by atoms with Crippen LogP contribution in [0.15, 0.2) is 24.3 Å². The van der Waals surface area contributed by atoms with Gasteiger partial charge in [0.05, 0.1) is 0 Å². The van der Waals surface area contributed by atoms with Crippen molar-refractivity contribution in [2.45, 2.75) is 89.9 Å². The number of carbonyl (C=O) groups is 3. The Bertz CT molecular complexity index is 860. The maximum atomic E-state index is 13.5. The van der Waals surface area contributed by atoms with Gasteiger partial charge in [0.25, 0.3) is 0 Å². The highest BCUT2D eigenvalue weighted by Crippen LogP contribution is 2.40. The van der Waals surface area contributed by atoms with E-state index in [1.807, 2.05) is 6.92 Å². The van der Waals surface area contributed by atoms with Gasteiger partial charge in [-0.3, -0.25) is 9.59 Å². The fourth-order valence-corrected chi connectivity index (χ4v) is 4.42. The number of ether oxygens (including phenoxy) is 1. The number of phenols is 1. The van der Waals surface area contributed by atoms with Crippen molar-refractivity contribution in [2.24, 2.45) is 5.92 Å². The lowest BCUT2D eigenvalue weighted by Gasteiger charge is -2.34. The molecule has 2 saturated carbocycles. The van der Waals surface area contributed by atoms with Crippen molar-refractivity contribution in [3.05, 3.63) is 29.8 Å². The van der Waals surface area contributed by atoms with Gasteiger partial charge in [0.15, 0.2) is 0 Å². The number of nitrogens with zero attached hydrogens (tertiary/aromatic N) is 1. The van der Waals surface area contributed by atoms with Gasteiger partial charge < -0.3 is 25.4 Å². The molecule has 8 heteroatoms. The highest BCUT2D eigenvalue weighted by Gasteiger charge is 2.46. The first-order valence-electron chi connectivity index (χ1n) is 11.9. The number of aromatic hydroxyl groups is 1. The first kappa shape index (κ1) is 24.9. The summed E-state index contributed by atoms with van der Waals surface area (Å²) in [7, 11) is 0. The Balaban J connectivity index is 1.82. The summed E-state index contributed by atoms with van der Waals surface area (Å²) in [5.74, 6) is -0.330. The fraction of sp³-hybridized carbons (Fsp3) is 0.640. The quantitative estimate of drug-likeness (QED) is 0.577. The minimum absolute atomic E-state index is 0.0334. The predicted molar refractivity (Wildman–Crippen MR) is 125 cm³/mol. The summed E-state index contributed by atoms with van der Waals surface area (Å²) in [5, 5.41) is 15.7. The predicted octanol–water partition coefficient (Wildman–Crippen LogP) is 3.64. The Hall–Kier alpha value is -2.77. The van der Waals surface area contributed by atoms with Crippen molar-refractivity contribution in [3.8, 4) is 5.75 Å². The molecule has 8 nitrogen and oxygen atoms in total. The van der Waals surface area contributed by atoms with Gasteiger partial charge >= 0.3 is 6.09 Å². The highest BCUT2D eigenvalue weighted by molar-refractivity contribution is 5.91. The lowest BCUT2D eigenvalue weighted by atomic mass is 9.94. The molecule has 3 N–H and O–H groups in total. The van der Waals surface area contributed by atoms with Crippen LogP contribution in [0.1, 0.15) is 77.8 Å². The number of carbonyl (C=O) groups excluding carboxylic acids is 3. The van der Waals surface area contributed by atoms with E-state index in [1.54, 1.807) is 37.8 Å². The van der Waals surface area contributed by atoms with Crippen LogP contribution in [-0.4, -0.2) is 52.1 Å². The number of nitrogens with one attached hydrogen (secondary N) is 2. The van der Waals surface area contributed by atoms with Crippen LogP contribution in [0.4, 0.5) is 4.79 Å². The molecule has 0 aliphatic heterocycles. The van der Waals surface area contributed by atoms with Crippen molar-refractivity contribution in [3.63, 3.8) is 0 Å². The first-order valence-corrected chi connectivity index (χ1v) is 11.9. The van der Waals surface area contributed by atoms with Gasteiger partial charge in [0.1, 0.15) is 23.9 Å². The van der Waals surface area contributed by atoms with Crippen LogP contribution < -0.4 is 10.6 Å². The lowest BCUT2D eigenvalue weighted by Crippen LogP contribution is -2.50. The monoisotopic (exact) mass is 459 g/mol.